The predicted octanol–water partition coefficient (Wildman–Crippen LogP) is 2.91. The topological polar surface area (TPSA) is 30.5 Å². The lowest BCUT2D eigenvalue weighted by molar-refractivity contribution is 0.187. The molecule has 0 atom stereocenters. The van der Waals surface area contributed by atoms with Crippen LogP contribution < -0.4 is 5.32 Å². The van der Waals surface area contributed by atoms with E-state index in [0.29, 0.717) is 0 Å². The van der Waals surface area contributed by atoms with Gasteiger partial charge in [0.05, 0.1) is 0 Å². The van der Waals surface area contributed by atoms with E-state index in [-0.39, 0.29) is 0 Å². The minimum absolute atomic E-state index is 0.788. The molecule has 0 aliphatic carbocycles. The summed E-state index contributed by atoms with van der Waals surface area (Å²) in [5, 5.41) is 3.42. The zero-order valence-corrected chi connectivity index (χ0v) is 12.8. The molecule has 1 heterocycles. The molecule has 0 unspecified atom stereocenters. The highest BCUT2D eigenvalue weighted by molar-refractivity contribution is 6.66. The van der Waals surface area contributed by atoms with Crippen molar-refractivity contribution < 1.29 is 8.85 Å². The van der Waals surface area contributed by atoms with Gasteiger partial charge in [0.1, 0.15) is 0 Å². The smallest absolute Gasteiger partial charge is 0.334 e. The van der Waals surface area contributed by atoms with Gasteiger partial charge >= 0.3 is 8.56 Å². The molecule has 0 bridgehead atoms. The maximum absolute atomic E-state index is 5.86. The quantitative estimate of drug-likeness (QED) is 0.680. The summed E-state index contributed by atoms with van der Waals surface area (Å²) in [4.78, 5) is 0. The van der Waals surface area contributed by atoms with Crippen LogP contribution in [0.5, 0.6) is 0 Å². The van der Waals surface area contributed by atoms with E-state index in [1.807, 2.05) is 0 Å². The van der Waals surface area contributed by atoms with Crippen molar-refractivity contribution in [2.75, 3.05) is 26.3 Å². The first-order valence-corrected chi connectivity index (χ1v) is 9.71. The first-order valence-electron chi connectivity index (χ1n) is 7.19. The molecule has 17 heavy (non-hydrogen) atoms. The van der Waals surface area contributed by atoms with Gasteiger partial charge < -0.3 is 14.2 Å². The molecule has 1 aliphatic heterocycles. The summed E-state index contributed by atoms with van der Waals surface area (Å²) < 4.78 is 11.7. The van der Waals surface area contributed by atoms with Gasteiger partial charge in [-0.25, -0.2) is 0 Å². The maximum atomic E-state index is 5.86. The van der Waals surface area contributed by atoms with E-state index in [1.54, 1.807) is 0 Å². The van der Waals surface area contributed by atoms with Gasteiger partial charge in [0.25, 0.3) is 0 Å². The van der Waals surface area contributed by atoms with Gasteiger partial charge in [0.2, 0.25) is 0 Å². The molecular weight excluding hydrogens is 230 g/mol. The van der Waals surface area contributed by atoms with Crippen LogP contribution >= 0.6 is 0 Å². The Labute approximate surface area is 108 Å². The molecule has 1 aliphatic rings. The largest absolute Gasteiger partial charge is 0.395 e. The summed E-state index contributed by atoms with van der Waals surface area (Å²) in [6.07, 6.45) is 5.32. The summed E-state index contributed by atoms with van der Waals surface area (Å²) in [7, 11) is -1.85. The van der Waals surface area contributed by atoms with E-state index in [0.717, 1.165) is 25.2 Å². The minimum Gasteiger partial charge on any atom is -0.395 e. The SMILES string of the molecule is CCO[Si](C)(CCCC1CCNCC1)OCC. The fourth-order valence-corrected chi connectivity index (χ4v) is 5.12. The van der Waals surface area contributed by atoms with E-state index < -0.39 is 8.56 Å². The summed E-state index contributed by atoms with van der Waals surface area (Å²) in [6, 6.07) is 1.15. The monoisotopic (exact) mass is 259 g/mol. The third-order valence-electron chi connectivity index (χ3n) is 3.60. The van der Waals surface area contributed by atoms with Gasteiger partial charge in [-0.2, -0.15) is 0 Å². The van der Waals surface area contributed by atoms with Gasteiger partial charge in [-0.3, -0.25) is 0 Å². The Balaban J connectivity index is 2.21. The van der Waals surface area contributed by atoms with Crippen molar-refractivity contribution in [3.63, 3.8) is 0 Å². The van der Waals surface area contributed by atoms with Crippen LogP contribution in [0.3, 0.4) is 0 Å². The molecule has 1 saturated heterocycles. The van der Waals surface area contributed by atoms with Crippen molar-refractivity contribution in [1.82, 2.24) is 5.32 Å². The third-order valence-corrected chi connectivity index (χ3v) is 6.66. The molecular formula is C13H29NO2Si. The lowest BCUT2D eigenvalue weighted by atomic mass is 9.94. The Morgan fingerprint density at radius 2 is 1.71 bits per heavy atom. The molecule has 1 rings (SSSR count). The van der Waals surface area contributed by atoms with Crippen LogP contribution in [0.25, 0.3) is 0 Å². The van der Waals surface area contributed by atoms with Crippen molar-refractivity contribution >= 4 is 8.56 Å². The maximum Gasteiger partial charge on any atom is 0.334 e. The van der Waals surface area contributed by atoms with Crippen LogP contribution in [-0.4, -0.2) is 34.9 Å². The molecule has 0 amide bonds. The van der Waals surface area contributed by atoms with E-state index in [1.165, 1.54) is 38.8 Å². The molecule has 0 aromatic heterocycles. The van der Waals surface area contributed by atoms with Gasteiger partial charge in [-0.15, -0.1) is 0 Å². The van der Waals surface area contributed by atoms with Crippen LogP contribution in [0.1, 0.15) is 39.5 Å². The van der Waals surface area contributed by atoms with Gasteiger partial charge in [-0.05, 0) is 58.3 Å². The molecule has 3 nitrogen and oxygen atoms in total. The van der Waals surface area contributed by atoms with Crippen LogP contribution in [-0.2, 0) is 8.85 Å². The fraction of sp³-hybridized carbons (Fsp3) is 1.00. The second kappa shape index (κ2) is 8.24. The van der Waals surface area contributed by atoms with E-state index in [9.17, 15) is 0 Å². The Hall–Kier alpha value is 0.0969. The summed E-state index contributed by atoms with van der Waals surface area (Å²) in [5.74, 6) is 0.928. The van der Waals surface area contributed by atoms with Gasteiger partial charge in [0.15, 0.2) is 0 Å². The Bertz CT molecular complexity index is 190. The average molecular weight is 259 g/mol. The number of piperidine rings is 1. The molecule has 0 radical (unpaired) electrons. The highest BCUT2D eigenvalue weighted by atomic mass is 28.4. The molecule has 1 N–H and O–H groups in total. The Morgan fingerprint density at radius 1 is 1.12 bits per heavy atom. The predicted molar refractivity (Wildman–Crippen MR) is 74.5 cm³/mol. The zero-order valence-electron chi connectivity index (χ0n) is 11.8. The normalized spacial score (nSPS) is 18.5. The van der Waals surface area contributed by atoms with Crippen molar-refractivity contribution in [1.29, 1.82) is 0 Å². The third kappa shape index (κ3) is 6.00. The molecule has 0 aromatic carbocycles. The van der Waals surface area contributed by atoms with E-state index in [4.69, 9.17) is 8.85 Å². The standard InChI is InChI=1S/C13H29NO2Si/c1-4-15-17(3,16-5-2)12-6-7-13-8-10-14-11-9-13/h13-14H,4-12H2,1-3H3. The molecule has 1 fully saturated rings. The zero-order chi connectivity index (χ0) is 12.6. The Kier molecular flexibility index (Phi) is 7.35. The molecule has 4 heteroatoms. The number of nitrogens with one attached hydrogen (secondary N) is 1. The van der Waals surface area contributed by atoms with Gasteiger partial charge in [0, 0.05) is 13.2 Å². The fourth-order valence-electron chi connectivity index (χ4n) is 2.68. The van der Waals surface area contributed by atoms with Crippen molar-refractivity contribution in [3.8, 4) is 0 Å². The highest BCUT2D eigenvalue weighted by Gasteiger charge is 2.30. The lowest BCUT2D eigenvalue weighted by Crippen LogP contribution is -2.38. The highest BCUT2D eigenvalue weighted by Crippen LogP contribution is 2.23. The Morgan fingerprint density at radius 3 is 2.24 bits per heavy atom. The average Bonchev–Trinajstić information content (AvgIpc) is 2.31. The van der Waals surface area contributed by atoms with E-state index in [2.05, 4.69) is 25.7 Å². The number of rotatable bonds is 8. The minimum atomic E-state index is -1.85. The van der Waals surface area contributed by atoms with Crippen molar-refractivity contribution in [3.05, 3.63) is 0 Å². The van der Waals surface area contributed by atoms with Crippen LogP contribution in [0, 0.1) is 5.92 Å². The number of hydrogen-bond donors (Lipinski definition) is 1. The summed E-state index contributed by atoms with van der Waals surface area (Å²) in [6.45, 7) is 10.3. The van der Waals surface area contributed by atoms with Crippen LogP contribution in [0.2, 0.25) is 12.6 Å². The van der Waals surface area contributed by atoms with Crippen molar-refractivity contribution in [2.45, 2.75) is 52.1 Å². The lowest BCUT2D eigenvalue weighted by Gasteiger charge is -2.27. The molecule has 102 valence electrons. The number of hydrogen-bond acceptors (Lipinski definition) is 3. The summed E-state index contributed by atoms with van der Waals surface area (Å²) in [5.41, 5.74) is 0. The first kappa shape index (κ1) is 15.2. The second-order valence-corrected chi connectivity index (χ2v) is 8.43. The van der Waals surface area contributed by atoms with Gasteiger partial charge in [-0.1, -0.05) is 12.8 Å². The molecule has 0 aromatic rings. The first-order chi connectivity index (χ1) is 8.20. The van der Waals surface area contributed by atoms with Crippen molar-refractivity contribution in [2.24, 2.45) is 5.92 Å². The van der Waals surface area contributed by atoms with Crippen LogP contribution in [0.4, 0.5) is 0 Å². The molecule has 0 saturated carbocycles. The van der Waals surface area contributed by atoms with E-state index >= 15 is 0 Å². The molecule has 0 spiro atoms. The summed E-state index contributed by atoms with van der Waals surface area (Å²) >= 11 is 0. The van der Waals surface area contributed by atoms with Crippen LogP contribution in [0.15, 0.2) is 0 Å². The second-order valence-electron chi connectivity index (χ2n) is 5.09.